The van der Waals surface area contributed by atoms with Crippen LogP contribution in [0.1, 0.15) is 19.4 Å². The summed E-state index contributed by atoms with van der Waals surface area (Å²) in [5.74, 6) is -1.40. The summed E-state index contributed by atoms with van der Waals surface area (Å²) in [6.07, 6.45) is 3.01. The highest BCUT2D eigenvalue weighted by Gasteiger charge is 2.41. The molecule has 1 amide bonds. The van der Waals surface area contributed by atoms with Crippen LogP contribution in [0.2, 0.25) is 0 Å². The van der Waals surface area contributed by atoms with Crippen LogP contribution >= 0.6 is 0 Å². The predicted octanol–water partition coefficient (Wildman–Crippen LogP) is 0.860. The third-order valence-corrected chi connectivity index (χ3v) is 2.78. The molecule has 1 rings (SSSR count). The van der Waals surface area contributed by atoms with Crippen LogP contribution in [0.5, 0.6) is 0 Å². The Morgan fingerprint density at radius 1 is 1.50 bits per heavy atom. The summed E-state index contributed by atoms with van der Waals surface area (Å²) in [6, 6.07) is 3.28. The lowest BCUT2D eigenvalue weighted by molar-refractivity contribution is -0.156. The number of hydrogen-bond donors (Lipinski definition) is 1. The molecular weight excluding hydrogens is 208 g/mol. The Bertz CT molecular complexity index is 405. The molecule has 0 radical (unpaired) electrons. The second-order valence-electron chi connectivity index (χ2n) is 3.70. The van der Waals surface area contributed by atoms with Gasteiger partial charge in [0.1, 0.15) is 0 Å². The van der Waals surface area contributed by atoms with Gasteiger partial charge in [0.05, 0.1) is 0 Å². The van der Waals surface area contributed by atoms with Crippen molar-refractivity contribution in [1.82, 2.24) is 9.88 Å². The van der Waals surface area contributed by atoms with Gasteiger partial charge in [-0.05, 0) is 13.0 Å². The van der Waals surface area contributed by atoms with E-state index in [2.05, 4.69) is 4.98 Å². The summed E-state index contributed by atoms with van der Waals surface area (Å²) in [5.41, 5.74) is -0.916. The van der Waals surface area contributed by atoms with E-state index in [-0.39, 0.29) is 5.91 Å². The molecule has 0 saturated heterocycles. The van der Waals surface area contributed by atoms with Gasteiger partial charge in [0.25, 0.3) is 0 Å². The molecule has 0 aliphatic rings. The monoisotopic (exact) mass is 222 g/mol. The van der Waals surface area contributed by atoms with Crippen molar-refractivity contribution in [1.29, 1.82) is 0 Å². The SMILES string of the molecule is CC(=O)N(C)C(C)(C(=O)O)c1cccnc1. The van der Waals surface area contributed by atoms with E-state index in [1.54, 1.807) is 18.3 Å². The van der Waals surface area contributed by atoms with Gasteiger partial charge in [-0.25, -0.2) is 4.79 Å². The minimum Gasteiger partial charge on any atom is -0.479 e. The number of pyridine rings is 1. The minimum atomic E-state index is -1.39. The number of carboxylic acid groups (broad SMARTS) is 1. The quantitative estimate of drug-likeness (QED) is 0.823. The van der Waals surface area contributed by atoms with Gasteiger partial charge in [0.2, 0.25) is 5.91 Å². The van der Waals surface area contributed by atoms with Gasteiger partial charge >= 0.3 is 5.97 Å². The van der Waals surface area contributed by atoms with Gasteiger partial charge in [-0.2, -0.15) is 0 Å². The molecule has 0 spiro atoms. The first-order valence-electron chi connectivity index (χ1n) is 4.79. The molecule has 1 aromatic heterocycles. The topological polar surface area (TPSA) is 70.5 Å². The highest BCUT2D eigenvalue weighted by atomic mass is 16.4. The standard InChI is InChI=1S/C11H14N2O3/c1-8(14)13(3)11(2,10(15)16)9-5-4-6-12-7-9/h4-7H,1-3H3,(H,15,16). The molecule has 1 heterocycles. The van der Waals surface area contributed by atoms with Gasteiger partial charge in [-0.1, -0.05) is 6.07 Å². The minimum absolute atomic E-state index is 0.311. The van der Waals surface area contributed by atoms with E-state index >= 15 is 0 Å². The van der Waals surface area contributed by atoms with Crippen molar-refractivity contribution >= 4 is 11.9 Å². The highest BCUT2D eigenvalue weighted by molar-refractivity contribution is 5.86. The predicted molar refractivity (Wildman–Crippen MR) is 57.7 cm³/mol. The number of carboxylic acids is 1. The molecule has 0 bridgehead atoms. The summed E-state index contributed by atoms with van der Waals surface area (Å²) in [4.78, 5) is 27.7. The van der Waals surface area contributed by atoms with Crippen molar-refractivity contribution in [3.05, 3.63) is 30.1 Å². The Morgan fingerprint density at radius 2 is 2.12 bits per heavy atom. The molecular formula is C11H14N2O3. The number of aromatic nitrogens is 1. The van der Waals surface area contributed by atoms with Gasteiger partial charge in [-0.3, -0.25) is 9.78 Å². The number of nitrogens with zero attached hydrogens (tertiary/aromatic N) is 2. The van der Waals surface area contributed by atoms with Crippen LogP contribution in [-0.4, -0.2) is 33.9 Å². The van der Waals surface area contributed by atoms with E-state index in [4.69, 9.17) is 0 Å². The molecule has 0 aromatic carbocycles. The maximum atomic E-state index is 11.3. The summed E-state index contributed by atoms with van der Waals surface area (Å²) < 4.78 is 0. The van der Waals surface area contributed by atoms with E-state index < -0.39 is 11.5 Å². The smallest absolute Gasteiger partial charge is 0.334 e. The van der Waals surface area contributed by atoms with Crippen molar-refractivity contribution in [3.8, 4) is 0 Å². The summed E-state index contributed by atoms with van der Waals surface area (Å²) >= 11 is 0. The van der Waals surface area contributed by atoms with Crippen molar-refractivity contribution in [2.24, 2.45) is 0 Å². The Labute approximate surface area is 93.7 Å². The lowest BCUT2D eigenvalue weighted by Gasteiger charge is -2.34. The average molecular weight is 222 g/mol. The third-order valence-electron chi connectivity index (χ3n) is 2.78. The molecule has 1 N–H and O–H groups in total. The largest absolute Gasteiger partial charge is 0.479 e. The van der Waals surface area contributed by atoms with Crippen molar-refractivity contribution in [2.45, 2.75) is 19.4 Å². The molecule has 86 valence electrons. The van der Waals surface area contributed by atoms with E-state index in [0.29, 0.717) is 5.56 Å². The second-order valence-corrected chi connectivity index (χ2v) is 3.70. The fourth-order valence-corrected chi connectivity index (χ4v) is 1.43. The number of hydrogen-bond acceptors (Lipinski definition) is 3. The van der Waals surface area contributed by atoms with Crippen LogP contribution in [0.15, 0.2) is 24.5 Å². The molecule has 1 aromatic rings. The number of likely N-dealkylation sites (N-methyl/N-ethyl adjacent to an activating group) is 1. The fraction of sp³-hybridized carbons (Fsp3) is 0.364. The maximum Gasteiger partial charge on any atom is 0.334 e. The zero-order valence-electron chi connectivity index (χ0n) is 9.47. The summed E-state index contributed by atoms with van der Waals surface area (Å²) in [7, 11) is 1.46. The normalized spacial score (nSPS) is 13.9. The number of carbonyl (C=O) groups is 2. The van der Waals surface area contributed by atoms with Gasteiger partial charge in [0.15, 0.2) is 5.54 Å². The molecule has 1 atom stereocenters. The Morgan fingerprint density at radius 3 is 2.50 bits per heavy atom. The third kappa shape index (κ3) is 1.88. The number of carbonyl (C=O) groups excluding carboxylic acids is 1. The maximum absolute atomic E-state index is 11.3. The van der Waals surface area contributed by atoms with Crippen LogP contribution in [0.3, 0.4) is 0 Å². The van der Waals surface area contributed by atoms with Gasteiger partial charge in [-0.15, -0.1) is 0 Å². The number of amides is 1. The van der Waals surface area contributed by atoms with Crippen molar-refractivity contribution in [3.63, 3.8) is 0 Å². The molecule has 0 aliphatic heterocycles. The van der Waals surface area contributed by atoms with Crippen LogP contribution in [-0.2, 0) is 15.1 Å². The van der Waals surface area contributed by atoms with Gasteiger partial charge < -0.3 is 10.0 Å². The molecule has 16 heavy (non-hydrogen) atoms. The van der Waals surface area contributed by atoms with Crippen LogP contribution in [0, 0.1) is 0 Å². The summed E-state index contributed by atoms with van der Waals surface area (Å²) in [6.45, 7) is 2.81. The van der Waals surface area contributed by atoms with E-state index in [9.17, 15) is 14.7 Å². The first-order valence-corrected chi connectivity index (χ1v) is 4.79. The fourth-order valence-electron chi connectivity index (χ4n) is 1.43. The molecule has 5 heteroatoms. The first-order chi connectivity index (χ1) is 7.40. The molecule has 0 saturated carbocycles. The van der Waals surface area contributed by atoms with Crippen molar-refractivity contribution < 1.29 is 14.7 Å². The van der Waals surface area contributed by atoms with E-state index in [0.717, 1.165) is 0 Å². The lowest BCUT2D eigenvalue weighted by Crippen LogP contribution is -2.49. The van der Waals surface area contributed by atoms with Crippen LogP contribution in [0.25, 0.3) is 0 Å². The zero-order chi connectivity index (χ0) is 12.3. The van der Waals surface area contributed by atoms with Crippen LogP contribution < -0.4 is 0 Å². The molecule has 0 aliphatic carbocycles. The Kier molecular flexibility index (Phi) is 3.27. The van der Waals surface area contributed by atoms with Gasteiger partial charge in [0, 0.05) is 31.9 Å². The zero-order valence-corrected chi connectivity index (χ0v) is 9.47. The first kappa shape index (κ1) is 12.2. The van der Waals surface area contributed by atoms with Crippen LogP contribution in [0.4, 0.5) is 0 Å². The Balaban J connectivity index is 3.28. The van der Waals surface area contributed by atoms with E-state index in [1.807, 2.05) is 0 Å². The Hall–Kier alpha value is -1.91. The molecule has 1 unspecified atom stereocenters. The molecule has 0 fully saturated rings. The molecule has 5 nitrogen and oxygen atoms in total. The van der Waals surface area contributed by atoms with Crippen molar-refractivity contribution in [2.75, 3.05) is 7.05 Å². The number of rotatable bonds is 3. The second kappa shape index (κ2) is 4.30. The number of aliphatic carboxylic acids is 1. The average Bonchev–Trinajstić information content (AvgIpc) is 2.27. The van der Waals surface area contributed by atoms with E-state index in [1.165, 1.54) is 32.0 Å². The highest BCUT2D eigenvalue weighted by Crippen LogP contribution is 2.26. The summed E-state index contributed by atoms with van der Waals surface area (Å²) in [5, 5.41) is 9.28. The lowest BCUT2D eigenvalue weighted by atomic mass is 9.92.